The highest BCUT2D eigenvalue weighted by Gasteiger charge is 2.21. The van der Waals surface area contributed by atoms with Gasteiger partial charge in [-0.25, -0.2) is 15.0 Å². The third-order valence-corrected chi connectivity index (χ3v) is 6.42. The van der Waals surface area contributed by atoms with Crippen molar-refractivity contribution in [2.45, 2.75) is 25.4 Å². The van der Waals surface area contributed by atoms with Crippen LogP contribution in [0.4, 0.5) is 17.5 Å². The Kier molecular flexibility index (Phi) is 6.44. The molecule has 2 saturated heterocycles. The van der Waals surface area contributed by atoms with Crippen LogP contribution >= 0.6 is 0 Å². The maximum Gasteiger partial charge on any atom is 0.134 e. The number of rotatable bonds is 6. The summed E-state index contributed by atoms with van der Waals surface area (Å²) in [6, 6.07) is 19.4. The lowest BCUT2D eigenvalue weighted by molar-refractivity contribution is 0.211. The van der Waals surface area contributed by atoms with Crippen LogP contribution in [0.15, 0.2) is 67.1 Å². The number of anilines is 3. The minimum Gasteiger partial charge on any atom is -0.367 e. The number of piperidine rings is 1. The number of nitrogens with zero attached hydrogens (tertiary/aromatic N) is 6. The summed E-state index contributed by atoms with van der Waals surface area (Å²) in [6.07, 6.45) is 5.81. The summed E-state index contributed by atoms with van der Waals surface area (Å²) in [5, 5.41) is 3.65. The van der Waals surface area contributed by atoms with E-state index in [0.717, 1.165) is 76.1 Å². The van der Waals surface area contributed by atoms with Gasteiger partial charge in [-0.05, 0) is 30.5 Å². The summed E-state index contributed by atoms with van der Waals surface area (Å²) in [4.78, 5) is 20.7. The SMILES string of the molecule is c1ccc(CN2CCC(Nc3cc(N4CCN(c5ccccn5)CC4)ncn3)CC2)cc1. The minimum absolute atomic E-state index is 0.464. The molecule has 0 atom stereocenters. The second kappa shape index (κ2) is 9.96. The molecule has 0 bridgehead atoms. The molecule has 0 radical (unpaired) electrons. The van der Waals surface area contributed by atoms with Gasteiger partial charge in [0.1, 0.15) is 23.8 Å². The van der Waals surface area contributed by atoms with Gasteiger partial charge in [-0.3, -0.25) is 4.90 Å². The van der Waals surface area contributed by atoms with Gasteiger partial charge < -0.3 is 15.1 Å². The Morgan fingerprint density at radius 3 is 2.19 bits per heavy atom. The van der Waals surface area contributed by atoms with Gasteiger partial charge in [0, 0.05) is 64.1 Å². The quantitative estimate of drug-likeness (QED) is 0.645. The summed E-state index contributed by atoms with van der Waals surface area (Å²) in [5.74, 6) is 2.99. The number of nitrogens with one attached hydrogen (secondary N) is 1. The number of benzene rings is 1. The molecule has 5 rings (SSSR count). The molecule has 0 spiro atoms. The summed E-state index contributed by atoms with van der Waals surface area (Å²) >= 11 is 0. The largest absolute Gasteiger partial charge is 0.367 e. The molecular formula is C25H31N7. The van der Waals surface area contributed by atoms with E-state index in [9.17, 15) is 0 Å². The van der Waals surface area contributed by atoms with Gasteiger partial charge in [-0.1, -0.05) is 36.4 Å². The van der Waals surface area contributed by atoms with E-state index in [1.807, 2.05) is 18.3 Å². The lowest BCUT2D eigenvalue weighted by atomic mass is 10.0. The predicted molar refractivity (Wildman–Crippen MR) is 129 cm³/mol. The summed E-state index contributed by atoms with van der Waals surface area (Å²) < 4.78 is 0. The number of aromatic nitrogens is 3. The normalized spacial score (nSPS) is 18.0. The lowest BCUT2D eigenvalue weighted by Crippen LogP contribution is -2.47. The molecule has 2 aliphatic heterocycles. The molecule has 166 valence electrons. The zero-order valence-corrected chi connectivity index (χ0v) is 18.5. The highest BCUT2D eigenvalue weighted by molar-refractivity contribution is 5.50. The van der Waals surface area contributed by atoms with Crippen molar-refractivity contribution >= 4 is 17.5 Å². The van der Waals surface area contributed by atoms with Crippen LogP contribution in [0.5, 0.6) is 0 Å². The zero-order valence-electron chi connectivity index (χ0n) is 18.5. The first-order valence-electron chi connectivity index (χ1n) is 11.6. The first kappa shape index (κ1) is 20.7. The molecule has 2 aliphatic rings. The molecule has 2 aromatic heterocycles. The first-order chi connectivity index (χ1) is 15.8. The first-order valence-corrected chi connectivity index (χ1v) is 11.6. The Morgan fingerprint density at radius 1 is 0.750 bits per heavy atom. The van der Waals surface area contributed by atoms with Gasteiger partial charge in [0.25, 0.3) is 0 Å². The maximum atomic E-state index is 4.55. The molecule has 2 fully saturated rings. The van der Waals surface area contributed by atoms with Crippen molar-refractivity contribution in [1.29, 1.82) is 0 Å². The van der Waals surface area contributed by atoms with E-state index < -0.39 is 0 Å². The van der Waals surface area contributed by atoms with E-state index in [-0.39, 0.29) is 0 Å². The topological polar surface area (TPSA) is 60.4 Å². The highest BCUT2D eigenvalue weighted by Crippen LogP contribution is 2.21. The van der Waals surface area contributed by atoms with Gasteiger partial charge >= 0.3 is 0 Å². The van der Waals surface area contributed by atoms with Crippen LogP contribution in [0.25, 0.3) is 0 Å². The van der Waals surface area contributed by atoms with Crippen molar-refractivity contribution in [3.8, 4) is 0 Å². The minimum atomic E-state index is 0.464. The Balaban J connectivity index is 1.12. The van der Waals surface area contributed by atoms with Crippen LogP contribution in [-0.4, -0.2) is 65.2 Å². The number of likely N-dealkylation sites (tertiary alicyclic amines) is 1. The fourth-order valence-electron chi connectivity index (χ4n) is 4.59. The van der Waals surface area contributed by atoms with Crippen molar-refractivity contribution in [2.75, 3.05) is 54.4 Å². The molecule has 1 N–H and O–H groups in total. The van der Waals surface area contributed by atoms with Gasteiger partial charge in [-0.15, -0.1) is 0 Å². The lowest BCUT2D eigenvalue weighted by Gasteiger charge is -2.36. The molecule has 4 heterocycles. The van der Waals surface area contributed by atoms with Gasteiger partial charge in [0.2, 0.25) is 0 Å². The van der Waals surface area contributed by atoms with Crippen molar-refractivity contribution in [1.82, 2.24) is 19.9 Å². The van der Waals surface area contributed by atoms with Gasteiger partial charge in [0.15, 0.2) is 0 Å². The van der Waals surface area contributed by atoms with Crippen molar-refractivity contribution in [2.24, 2.45) is 0 Å². The molecule has 1 aromatic carbocycles. The van der Waals surface area contributed by atoms with Crippen LogP contribution in [0.1, 0.15) is 18.4 Å². The van der Waals surface area contributed by atoms with Crippen LogP contribution in [0.3, 0.4) is 0 Å². The van der Waals surface area contributed by atoms with Crippen LogP contribution in [-0.2, 0) is 6.54 Å². The standard InChI is InChI=1S/C25H31N7/c1-2-6-21(7-3-1)19-30-12-9-22(10-13-30)29-23-18-25(28-20-27-23)32-16-14-31(15-17-32)24-8-4-5-11-26-24/h1-8,11,18,20,22H,9-10,12-17,19H2,(H,27,28,29). The van der Waals surface area contributed by atoms with E-state index >= 15 is 0 Å². The Morgan fingerprint density at radius 2 is 1.47 bits per heavy atom. The summed E-state index contributed by atoms with van der Waals surface area (Å²) in [5.41, 5.74) is 1.39. The molecule has 3 aromatic rings. The number of pyridine rings is 1. The monoisotopic (exact) mass is 429 g/mol. The average molecular weight is 430 g/mol. The number of piperazine rings is 1. The van der Waals surface area contributed by atoms with E-state index in [1.54, 1.807) is 6.33 Å². The fraction of sp³-hybridized carbons (Fsp3) is 0.400. The van der Waals surface area contributed by atoms with E-state index in [4.69, 9.17) is 0 Å². The maximum absolute atomic E-state index is 4.55. The summed E-state index contributed by atoms with van der Waals surface area (Å²) in [6.45, 7) is 7.03. The molecular weight excluding hydrogens is 398 g/mol. The molecule has 0 saturated carbocycles. The molecule has 32 heavy (non-hydrogen) atoms. The number of hydrogen-bond donors (Lipinski definition) is 1. The molecule has 0 unspecified atom stereocenters. The van der Waals surface area contributed by atoms with Crippen molar-refractivity contribution in [3.63, 3.8) is 0 Å². The van der Waals surface area contributed by atoms with Crippen LogP contribution < -0.4 is 15.1 Å². The zero-order chi connectivity index (χ0) is 21.6. The molecule has 7 nitrogen and oxygen atoms in total. The van der Waals surface area contributed by atoms with Crippen molar-refractivity contribution < 1.29 is 0 Å². The smallest absolute Gasteiger partial charge is 0.134 e. The fourth-order valence-corrected chi connectivity index (χ4v) is 4.59. The van der Waals surface area contributed by atoms with Gasteiger partial charge in [-0.2, -0.15) is 0 Å². The van der Waals surface area contributed by atoms with Crippen LogP contribution in [0, 0.1) is 0 Å². The van der Waals surface area contributed by atoms with E-state index in [1.165, 1.54) is 5.56 Å². The second-order valence-electron chi connectivity index (χ2n) is 8.60. The number of hydrogen-bond acceptors (Lipinski definition) is 7. The Hall–Kier alpha value is -3.19. The van der Waals surface area contributed by atoms with E-state index in [0.29, 0.717) is 6.04 Å². The molecule has 7 heteroatoms. The molecule has 0 amide bonds. The van der Waals surface area contributed by atoms with Crippen LogP contribution in [0.2, 0.25) is 0 Å². The Bertz CT molecular complexity index is 966. The highest BCUT2D eigenvalue weighted by atomic mass is 15.3. The second-order valence-corrected chi connectivity index (χ2v) is 8.60. The van der Waals surface area contributed by atoms with Crippen molar-refractivity contribution in [3.05, 3.63) is 72.7 Å². The molecule has 0 aliphatic carbocycles. The third-order valence-electron chi connectivity index (χ3n) is 6.42. The van der Waals surface area contributed by atoms with Gasteiger partial charge in [0.05, 0.1) is 0 Å². The average Bonchev–Trinajstić information content (AvgIpc) is 2.87. The summed E-state index contributed by atoms with van der Waals surface area (Å²) in [7, 11) is 0. The van der Waals surface area contributed by atoms with E-state index in [2.05, 4.69) is 77.4 Å². The third kappa shape index (κ3) is 5.16. The predicted octanol–water partition coefficient (Wildman–Crippen LogP) is 3.27. The Labute approximate surface area is 190 Å².